The fraction of sp³-hybridized carbons (Fsp3) is 0.556. The summed E-state index contributed by atoms with van der Waals surface area (Å²) in [6.45, 7) is 1.64. The molecule has 2 aliphatic carbocycles. The lowest BCUT2D eigenvalue weighted by atomic mass is 9.86. The Bertz CT molecular complexity index is 616. The van der Waals surface area contributed by atoms with Crippen molar-refractivity contribution in [2.24, 2.45) is 17.8 Å². The normalized spacial score (nSPS) is 25.4. The number of rotatable bonds is 5. The lowest BCUT2D eigenvalue weighted by Crippen LogP contribution is -2.23. The highest BCUT2D eigenvalue weighted by Gasteiger charge is 2.40. The van der Waals surface area contributed by atoms with Crippen LogP contribution in [-0.2, 0) is 14.3 Å². The first-order chi connectivity index (χ1) is 11.0. The summed E-state index contributed by atoms with van der Waals surface area (Å²) in [4.78, 5) is 23.8. The van der Waals surface area contributed by atoms with Gasteiger partial charge in [-0.1, -0.05) is 24.1 Å². The van der Waals surface area contributed by atoms with Crippen LogP contribution in [0.5, 0.6) is 0 Å². The van der Waals surface area contributed by atoms with E-state index in [1.807, 2.05) is 13.0 Å². The maximum Gasteiger partial charge on any atom is 0.306 e. The molecule has 0 aromatic heterocycles. The molecule has 0 spiro atoms. The van der Waals surface area contributed by atoms with Crippen LogP contribution in [0, 0.1) is 24.7 Å². The number of nitrogens with one attached hydrogen (secondary N) is 1. The molecule has 124 valence electrons. The molecule has 3 rings (SSSR count). The smallest absolute Gasteiger partial charge is 0.306 e. The molecule has 5 heteroatoms. The van der Waals surface area contributed by atoms with Crippen molar-refractivity contribution < 1.29 is 14.3 Å². The van der Waals surface area contributed by atoms with E-state index in [4.69, 9.17) is 16.3 Å². The number of benzene rings is 1. The number of aryl methyl sites for hydroxylation is 1. The van der Waals surface area contributed by atoms with Gasteiger partial charge in [-0.2, -0.15) is 0 Å². The summed E-state index contributed by atoms with van der Waals surface area (Å²) in [6.07, 6.45) is 5.43. The van der Waals surface area contributed by atoms with Crippen LogP contribution >= 0.6 is 11.6 Å². The Kier molecular flexibility index (Phi) is 4.90. The second kappa shape index (κ2) is 6.91. The van der Waals surface area contributed by atoms with E-state index >= 15 is 0 Å². The highest BCUT2D eigenvalue weighted by molar-refractivity contribution is 6.31. The monoisotopic (exact) mass is 335 g/mol. The number of amides is 1. The second-order valence-electron chi connectivity index (χ2n) is 6.81. The Hall–Kier alpha value is -1.55. The highest BCUT2D eigenvalue weighted by Crippen LogP contribution is 2.49. The van der Waals surface area contributed by atoms with Crippen molar-refractivity contribution in [3.63, 3.8) is 0 Å². The quantitative estimate of drug-likeness (QED) is 0.829. The molecule has 0 aliphatic heterocycles. The molecule has 0 radical (unpaired) electrons. The maximum absolute atomic E-state index is 11.9. The molecule has 0 saturated heterocycles. The van der Waals surface area contributed by atoms with E-state index in [0.717, 1.165) is 17.9 Å². The largest absolute Gasteiger partial charge is 0.456 e. The minimum atomic E-state index is -0.336. The van der Waals surface area contributed by atoms with Crippen molar-refractivity contribution in [3.05, 3.63) is 28.8 Å². The Morgan fingerprint density at radius 3 is 2.83 bits per heavy atom. The molecule has 1 aromatic carbocycles. The van der Waals surface area contributed by atoms with Crippen LogP contribution in [0.1, 0.15) is 37.7 Å². The SMILES string of the molecule is Cc1ccc(Cl)cc1NC(=O)COC(=O)C[C@@H]1C[C@@H]2CC[C@H]1C2. The Labute approximate surface area is 141 Å². The van der Waals surface area contributed by atoms with Gasteiger partial charge in [-0.25, -0.2) is 0 Å². The van der Waals surface area contributed by atoms with Gasteiger partial charge < -0.3 is 10.1 Å². The number of carbonyl (C=O) groups is 2. The molecule has 3 atom stereocenters. The fourth-order valence-corrected chi connectivity index (χ4v) is 4.13. The number of fused-ring (bicyclic) bond motifs is 2. The molecule has 1 N–H and O–H groups in total. The lowest BCUT2D eigenvalue weighted by molar-refractivity contribution is -0.148. The zero-order chi connectivity index (χ0) is 16.4. The molecule has 0 unspecified atom stereocenters. The topological polar surface area (TPSA) is 55.4 Å². The standard InChI is InChI=1S/C18H22ClNO3/c1-11-2-5-15(19)9-16(11)20-17(21)10-23-18(22)8-14-7-12-3-4-13(14)6-12/h2,5,9,12-14H,3-4,6-8,10H2,1H3,(H,20,21)/t12-,13+,14+/m1/s1. The van der Waals surface area contributed by atoms with Gasteiger partial charge in [0, 0.05) is 17.1 Å². The van der Waals surface area contributed by atoms with E-state index in [1.165, 1.54) is 19.3 Å². The predicted octanol–water partition coefficient (Wildman–Crippen LogP) is 3.96. The summed E-state index contributed by atoms with van der Waals surface area (Å²) in [6, 6.07) is 5.28. The first-order valence-electron chi connectivity index (χ1n) is 8.23. The average molecular weight is 336 g/mol. The van der Waals surface area contributed by atoms with Gasteiger partial charge in [0.25, 0.3) is 5.91 Å². The molecule has 2 bridgehead atoms. The van der Waals surface area contributed by atoms with Crippen molar-refractivity contribution in [1.29, 1.82) is 0 Å². The van der Waals surface area contributed by atoms with Gasteiger partial charge >= 0.3 is 5.97 Å². The number of carbonyl (C=O) groups excluding carboxylic acids is 2. The molecule has 0 heterocycles. The third kappa shape index (κ3) is 4.05. The predicted molar refractivity (Wildman–Crippen MR) is 89.3 cm³/mol. The Balaban J connectivity index is 1.43. The molecule has 2 aliphatic rings. The van der Waals surface area contributed by atoms with E-state index in [-0.39, 0.29) is 18.5 Å². The third-order valence-electron chi connectivity index (χ3n) is 5.15. The van der Waals surface area contributed by atoms with Gasteiger partial charge in [0.15, 0.2) is 6.61 Å². The molecule has 23 heavy (non-hydrogen) atoms. The van der Waals surface area contributed by atoms with Crippen LogP contribution < -0.4 is 5.32 Å². The molecule has 2 fully saturated rings. The number of esters is 1. The van der Waals surface area contributed by atoms with Gasteiger partial charge in [0.1, 0.15) is 0 Å². The molecular formula is C18H22ClNO3. The van der Waals surface area contributed by atoms with Crippen LogP contribution in [-0.4, -0.2) is 18.5 Å². The molecule has 4 nitrogen and oxygen atoms in total. The number of anilines is 1. The number of hydrogen-bond acceptors (Lipinski definition) is 3. The zero-order valence-electron chi connectivity index (χ0n) is 13.3. The third-order valence-corrected chi connectivity index (χ3v) is 5.39. The van der Waals surface area contributed by atoms with Gasteiger partial charge in [0.05, 0.1) is 0 Å². The van der Waals surface area contributed by atoms with E-state index in [9.17, 15) is 9.59 Å². The molecule has 1 amide bonds. The minimum Gasteiger partial charge on any atom is -0.456 e. The van der Waals surface area contributed by atoms with E-state index in [0.29, 0.717) is 29.0 Å². The first kappa shape index (κ1) is 16.3. The van der Waals surface area contributed by atoms with Gasteiger partial charge in [-0.05, 0) is 61.6 Å². The Morgan fingerprint density at radius 2 is 2.13 bits per heavy atom. The summed E-state index contributed by atoms with van der Waals surface area (Å²) in [5.41, 5.74) is 1.56. The van der Waals surface area contributed by atoms with Gasteiger partial charge in [0.2, 0.25) is 0 Å². The fourth-order valence-electron chi connectivity index (χ4n) is 3.96. The minimum absolute atomic E-state index is 0.244. The van der Waals surface area contributed by atoms with Gasteiger partial charge in [-0.15, -0.1) is 0 Å². The van der Waals surface area contributed by atoms with Crippen molar-refractivity contribution in [2.75, 3.05) is 11.9 Å². The molecule has 2 saturated carbocycles. The summed E-state index contributed by atoms with van der Waals surface area (Å²) in [7, 11) is 0. The number of ether oxygens (including phenoxy) is 1. The molecular weight excluding hydrogens is 314 g/mol. The summed E-state index contributed by atoms with van der Waals surface area (Å²) in [5, 5.41) is 3.28. The van der Waals surface area contributed by atoms with Crippen LogP contribution in [0.2, 0.25) is 5.02 Å². The van der Waals surface area contributed by atoms with E-state index in [1.54, 1.807) is 12.1 Å². The first-order valence-corrected chi connectivity index (χ1v) is 8.60. The lowest BCUT2D eigenvalue weighted by Gasteiger charge is -2.20. The van der Waals surface area contributed by atoms with Crippen molar-refractivity contribution in [3.8, 4) is 0 Å². The number of halogens is 1. The molecule has 1 aromatic rings. The van der Waals surface area contributed by atoms with Crippen LogP contribution in [0.15, 0.2) is 18.2 Å². The summed E-state index contributed by atoms with van der Waals surface area (Å²) < 4.78 is 5.13. The van der Waals surface area contributed by atoms with Crippen LogP contribution in [0.4, 0.5) is 5.69 Å². The number of hydrogen-bond donors (Lipinski definition) is 1. The summed E-state index contributed by atoms with van der Waals surface area (Å²) in [5.74, 6) is 1.36. The van der Waals surface area contributed by atoms with Crippen LogP contribution in [0.25, 0.3) is 0 Å². The average Bonchev–Trinajstić information content (AvgIpc) is 3.11. The maximum atomic E-state index is 11.9. The van der Waals surface area contributed by atoms with E-state index in [2.05, 4.69) is 5.32 Å². The van der Waals surface area contributed by atoms with Crippen LogP contribution in [0.3, 0.4) is 0 Å². The van der Waals surface area contributed by atoms with Crippen molar-refractivity contribution in [1.82, 2.24) is 0 Å². The summed E-state index contributed by atoms with van der Waals surface area (Å²) >= 11 is 5.92. The van der Waals surface area contributed by atoms with E-state index < -0.39 is 0 Å². The Morgan fingerprint density at radius 1 is 1.30 bits per heavy atom. The van der Waals surface area contributed by atoms with Gasteiger partial charge in [-0.3, -0.25) is 9.59 Å². The zero-order valence-corrected chi connectivity index (χ0v) is 14.1. The van der Waals surface area contributed by atoms with Crippen molar-refractivity contribution in [2.45, 2.75) is 39.0 Å². The second-order valence-corrected chi connectivity index (χ2v) is 7.24. The highest BCUT2D eigenvalue weighted by atomic mass is 35.5. The van der Waals surface area contributed by atoms with Crippen molar-refractivity contribution >= 4 is 29.2 Å².